The number of aromatic nitrogens is 1. The molecule has 2 aromatic heterocycles. The lowest BCUT2D eigenvalue weighted by Crippen LogP contribution is -2.51. The molecule has 0 spiro atoms. The van der Waals surface area contributed by atoms with E-state index in [9.17, 15) is 31.5 Å². The molecule has 8 nitrogen and oxygen atoms in total. The summed E-state index contributed by atoms with van der Waals surface area (Å²) in [4.78, 5) is 14.9. The molecular formula is C23H23ClF3N3O5S2. The van der Waals surface area contributed by atoms with Crippen molar-refractivity contribution >= 4 is 39.7 Å². The summed E-state index contributed by atoms with van der Waals surface area (Å²) in [6.45, 7) is 2.01. The van der Waals surface area contributed by atoms with Crippen LogP contribution in [-0.2, 0) is 26.4 Å². The van der Waals surface area contributed by atoms with Gasteiger partial charge in [0, 0.05) is 18.0 Å². The number of carboxylic acid groups (broad SMARTS) is 1. The second-order valence-electron chi connectivity index (χ2n) is 9.12. The van der Waals surface area contributed by atoms with E-state index in [1.54, 1.807) is 24.3 Å². The van der Waals surface area contributed by atoms with E-state index in [1.165, 1.54) is 12.1 Å². The number of sulfonamides is 1. The monoisotopic (exact) mass is 577 g/mol. The molecule has 2 unspecified atom stereocenters. The highest BCUT2D eigenvalue weighted by molar-refractivity contribution is 7.91. The third kappa shape index (κ3) is 4.90. The molecule has 1 saturated heterocycles. The third-order valence-electron chi connectivity index (χ3n) is 6.84. The largest absolute Gasteiger partial charge is 0.480 e. The highest BCUT2D eigenvalue weighted by atomic mass is 35.5. The van der Waals surface area contributed by atoms with Crippen LogP contribution >= 0.6 is 23.7 Å². The zero-order valence-corrected chi connectivity index (χ0v) is 21.6. The maximum absolute atomic E-state index is 13.4. The van der Waals surface area contributed by atoms with Crippen LogP contribution in [0.15, 0.2) is 57.3 Å². The number of aliphatic carboxylic acids is 1. The number of nitrogens with one attached hydrogen (secondary N) is 1. The molecule has 0 radical (unpaired) electrons. The SMILES string of the molecule is Cl.O=C(O)C1(NS(=O)(=O)c2ccc(-c3cc(C(F)(F)F)on3)s2)CC1(CN1CCCC1)c1ccccc1. The lowest BCUT2D eigenvalue weighted by atomic mass is 9.90. The first-order valence-electron chi connectivity index (χ1n) is 11.2. The quantitative estimate of drug-likeness (QED) is 0.408. The summed E-state index contributed by atoms with van der Waals surface area (Å²) < 4.78 is 71.8. The molecule has 0 amide bonds. The van der Waals surface area contributed by atoms with Crippen molar-refractivity contribution in [2.45, 2.75) is 40.6 Å². The van der Waals surface area contributed by atoms with Crippen molar-refractivity contribution in [1.82, 2.24) is 14.8 Å². The molecule has 2 aliphatic rings. The number of hydrogen-bond donors (Lipinski definition) is 2. The highest BCUT2D eigenvalue weighted by Crippen LogP contribution is 2.59. The van der Waals surface area contributed by atoms with E-state index in [0.717, 1.165) is 31.5 Å². The summed E-state index contributed by atoms with van der Waals surface area (Å²) in [5, 5.41) is 13.7. The maximum Gasteiger partial charge on any atom is 0.452 e. The van der Waals surface area contributed by atoms with Gasteiger partial charge in [0.2, 0.25) is 5.76 Å². The summed E-state index contributed by atoms with van der Waals surface area (Å²) in [5.74, 6) is -2.58. The molecule has 2 atom stereocenters. The Hall–Kier alpha value is -2.45. The molecule has 1 aromatic carbocycles. The zero-order valence-electron chi connectivity index (χ0n) is 19.2. The third-order valence-corrected chi connectivity index (χ3v) is 9.93. The van der Waals surface area contributed by atoms with E-state index in [1.807, 2.05) is 6.07 Å². The number of likely N-dealkylation sites (tertiary alicyclic amines) is 1. The number of carboxylic acids is 1. The molecule has 1 aliphatic heterocycles. The molecule has 2 fully saturated rings. The molecular weight excluding hydrogens is 555 g/mol. The zero-order chi connectivity index (χ0) is 25.8. The lowest BCUT2D eigenvalue weighted by molar-refractivity contribution is -0.155. The summed E-state index contributed by atoms with van der Waals surface area (Å²) in [6, 6.07) is 12.2. The van der Waals surface area contributed by atoms with E-state index in [-0.39, 0.29) is 33.6 Å². The minimum Gasteiger partial charge on any atom is -0.480 e. The van der Waals surface area contributed by atoms with Gasteiger partial charge in [0.1, 0.15) is 15.4 Å². The molecule has 200 valence electrons. The number of nitrogens with zero attached hydrogens (tertiary/aromatic N) is 2. The number of halogens is 4. The standard InChI is InChI=1S/C23H22F3N3O5S2.ClH/c24-23(25,26)18-12-16(27-34-18)17-8-9-19(35-17)36(32,33)28-22(20(30)31)13-21(22,14-29-10-4-5-11-29)15-6-2-1-3-7-15;/h1-3,6-9,12,28H,4-5,10-11,13-14H2,(H,30,31);1H. The Bertz CT molecular complexity index is 1390. The van der Waals surface area contributed by atoms with Crippen molar-refractivity contribution in [2.75, 3.05) is 19.6 Å². The summed E-state index contributed by atoms with van der Waals surface area (Å²) in [6.07, 6.45) is -2.67. The van der Waals surface area contributed by atoms with Crippen molar-refractivity contribution in [3.05, 3.63) is 59.9 Å². The van der Waals surface area contributed by atoms with Gasteiger partial charge in [-0.25, -0.2) is 8.42 Å². The van der Waals surface area contributed by atoms with Gasteiger partial charge in [-0.2, -0.15) is 17.9 Å². The van der Waals surface area contributed by atoms with Crippen molar-refractivity contribution in [2.24, 2.45) is 0 Å². The van der Waals surface area contributed by atoms with Gasteiger partial charge in [-0.1, -0.05) is 35.5 Å². The molecule has 3 heterocycles. The molecule has 3 aromatic rings. The van der Waals surface area contributed by atoms with Gasteiger partial charge in [0.15, 0.2) is 0 Å². The second kappa shape index (κ2) is 9.70. The number of carbonyl (C=O) groups is 1. The minimum atomic E-state index is -4.73. The summed E-state index contributed by atoms with van der Waals surface area (Å²) >= 11 is 0.682. The Kier molecular flexibility index (Phi) is 7.23. The van der Waals surface area contributed by atoms with Crippen LogP contribution in [-0.4, -0.2) is 54.7 Å². The topological polar surface area (TPSA) is 113 Å². The Morgan fingerprint density at radius 1 is 1.16 bits per heavy atom. The van der Waals surface area contributed by atoms with Crippen molar-refractivity contribution < 1.29 is 36.0 Å². The first-order valence-corrected chi connectivity index (χ1v) is 13.5. The molecule has 37 heavy (non-hydrogen) atoms. The predicted octanol–water partition coefficient (Wildman–Crippen LogP) is 4.38. The number of thiophene rings is 1. The fourth-order valence-corrected chi connectivity index (χ4v) is 7.67. The second-order valence-corrected chi connectivity index (χ2v) is 12.1. The molecule has 2 N–H and O–H groups in total. The first-order chi connectivity index (χ1) is 17.0. The molecule has 14 heteroatoms. The van der Waals surface area contributed by atoms with E-state index >= 15 is 0 Å². The van der Waals surface area contributed by atoms with E-state index < -0.39 is 38.9 Å². The van der Waals surface area contributed by atoms with Crippen molar-refractivity contribution in [3.63, 3.8) is 0 Å². The fraction of sp³-hybridized carbons (Fsp3) is 0.391. The van der Waals surface area contributed by atoms with Gasteiger partial charge in [0.05, 0.1) is 4.88 Å². The fourth-order valence-electron chi connectivity index (χ4n) is 4.98. The average molecular weight is 578 g/mol. The minimum absolute atomic E-state index is 0. The molecule has 1 aliphatic carbocycles. The van der Waals surface area contributed by atoms with Crippen molar-refractivity contribution in [1.29, 1.82) is 0 Å². The number of rotatable bonds is 8. The van der Waals surface area contributed by atoms with E-state index in [4.69, 9.17) is 0 Å². The lowest BCUT2D eigenvalue weighted by Gasteiger charge is -2.28. The maximum atomic E-state index is 13.4. The Morgan fingerprint density at radius 3 is 2.43 bits per heavy atom. The first kappa shape index (κ1) is 27.6. The van der Waals surface area contributed by atoms with E-state index in [0.29, 0.717) is 23.9 Å². The van der Waals surface area contributed by atoms with E-state index in [2.05, 4.69) is 19.3 Å². The average Bonchev–Trinajstić information content (AvgIpc) is 3.38. The van der Waals surface area contributed by atoms with Crippen LogP contribution in [0, 0.1) is 0 Å². The van der Waals surface area contributed by atoms with Gasteiger partial charge >= 0.3 is 12.1 Å². The Morgan fingerprint density at radius 2 is 1.84 bits per heavy atom. The van der Waals surface area contributed by atoms with Crippen LogP contribution in [0.5, 0.6) is 0 Å². The van der Waals surface area contributed by atoms with Gasteiger partial charge in [-0.15, -0.1) is 23.7 Å². The Balaban J connectivity index is 0.00000320. The van der Waals surface area contributed by atoms with Crippen LogP contribution in [0.25, 0.3) is 10.6 Å². The highest BCUT2D eigenvalue weighted by Gasteiger charge is 2.75. The molecule has 1 saturated carbocycles. The smallest absolute Gasteiger partial charge is 0.452 e. The van der Waals surface area contributed by atoms with Crippen LogP contribution in [0.4, 0.5) is 13.2 Å². The van der Waals surface area contributed by atoms with Crippen LogP contribution in [0.2, 0.25) is 0 Å². The van der Waals surface area contributed by atoms with Crippen LogP contribution in [0.1, 0.15) is 30.6 Å². The Labute approximate surface area is 220 Å². The van der Waals surface area contributed by atoms with Crippen molar-refractivity contribution in [3.8, 4) is 10.6 Å². The van der Waals surface area contributed by atoms with Gasteiger partial charge in [-0.3, -0.25) is 4.79 Å². The number of hydrogen-bond acceptors (Lipinski definition) is 7. The van der Waals surface area contributed by atoms with Gasteiger partial charge < -0.3 is 14.5 Å². The predicted molar refractivity (Wildman–Crippen MR) is 131 cm³/mol. The molecule has 5 rings (SSSR count). The van der Waals surface area contributed by atoms with Gasteiger partial charge in [0.25, 0.3) is 10.0 Å². The van der Waals surface area contributed by atoms with Crippen LogP contribution in [0.3, 0.4) is 0 Å². The summed E-state index contributed by atoms with van der Waals surface area (Å²) in [7, 11) is -4.33. The van der Waals surface area contributed by atoms with Gasteiger partial charge in [-0.05, 0) is 50.0 Å². The molecule has 0 bridgehead atoms. The normalized spacial score (nSPS) is 24.1. The number of alkyl halides is 3. The number of benzene rings is 1. The van der Waals surface area contributed by atoms with Crippen LogP contribution < -0.4 is 4.72 Å². The summed E-state index contributed by atoms with van der Waals surface area (Å²) in [5.41, 5.74) is -2.17.